The topological polar surface area (TPSA) is 12.0 Å². The molecule has 0 bridgehead atoms. The molecule has 0 radical (unpaired) electrons. The number of nitrogens with one attached hydrogen (secondary N) is 1. The van der Waals surface area contributed by atoms with Crippen LogP contribution in [0, 0.1) is 13.8 Å². The number of fused-ring (bicyclic) bond motifs is 1. The number of benzene rings is 2. The van der Waals surface area contributed by atoms with E-state index in [1.165, 1.54) is 33.5 Å². The molecule has 0 aliphatic carbocycles. The second-order valence-corrected chi connectivity index (χ2v) is 5.60. The summed E-state index contributed by atoms with van der Waals surface area (Å²) >= 11 is 0. The van der Waals surface area contributed by atoms with Gasteiger partial charge < -0.3 is 5.32 Å². The molecule has 0 spiro atoms. The SMILES string of the molecule is CCc1ccc(C2Cc3c(C)cc(C)cc3N2)cc1. The van der Waals surface area contributed by atoms with Crippen molar-refractivity contribution in [3.05, 3.63) is 64.2 Å². The first-order valence-electron chi connectivity index (χ1n) is 7.13. The van der Waals surface area contributed by atoms with Crippen LogP contribution in [0.15, 0.2) is 36.4 Å². The molecule has 1 heteroatoms. The lowest BCUT2D eigenvalue weighted by Gasteiger charge is -2.12. The summed E-state index contributed by atoms with van der Waals surface area (Å²) in [5, 5.41) is 3.67. The Balaban J connectivity index is 1.88. The van der Waals surface area contributed by atoms with Crippen molar-refractivity contribution >= 4 is 5.69 Å². The van der Waals surface area contributed by atoms with Gasteiger partial charge in [0.1, 0.15) is 0 Å². The molecule has 19 heavy (non-hydrogen) atoms. The Hall–Kier alpha value is -1.76. The summed E-state index contributed by atoms with van der Waals surface area (Å²) in [6.45, 7) is 6.58. The third-order valence-corrected chi connectivity index (χ3v) is 4.15. The molecule has 1 nitrogen and oxygen atoms in total. The minimum atomic E-state index is 0.432. The summed E-state index contributed by atoms with van der Waals surface area (Å²) in [7, 11) is 0. The second kappa shape index (κ2) is 4.73. The molecule has 0 saturated heterocycles. The third kappa shape index (κ3) is 2.25. The minimum Gasteiger partial charge on any atom is -0.378 e. The maximum atomic E-state index is 3.67. The van der Waals surface area contributed by atoms with Gasteiger partial charge in [-0.15, -0.1) is 0 Å². The summed E-state index contributed by atoms with van der Waals surface area (Å²) in [4.78, 5) is 0. The second-order valence-electron chi connectivity index (χ2n) is 5.60. The first-order chi connectivity index (χ1) is 9.17. The predicted octanol–water partition coefficient (Wildman–Crippen LogP) is 4.58. The van der Waals surface area contributed by atoms with Gasteiger partial charge in [0.2, 0.25) is 0 Å². The molecule has 0 fully saturated rings. The normalized spacial score (nSPS) is 17.1. The molecule has 1 unspecified atom stereocenters. The van der Waals surface area contributed by atoms with Crippen LogP contribution in [0.2, 0.25) is 0 Å². The molecule has 0 amide bonds. The van der Waals surface area contributed by atoms with Gasteiger partial charge in [-0.2, -0.15) is 0 Å². The molecular weight excluding hydrogens is 230 g/mol. The largest absolute Gasteiger partial charge is 0.378 e. The van der Waals surface area contributed by atoms with Crippen LogP contribution in [-0.4, -0.2) is 0 Å². The fraction of sp³-hybridized carbons (Fsp3) is 0.333. The van der Waals surface area contributed by atoms with Crippen molar-refractivity contribution in [2.45, 2.75) is 39.7 Å². The van der Waals surface area contributed by atoms with Crippen molar-refractivity contribution in [2.75, 3.05) is 5.32 Å². The molecule has 1 N–H and O–H groups in total. The number of aryl methyl sites for hydroxylation is 3. The smallest absolute Gasteiger partial charge is 0.0555 e. The van der Waals surface area contributed by atoms with Crippen LogP contribution in [0.5, 0.6) is 0 Å². The van der Waals surface area contributed by atoms with E-state index < -0.39 is 0 Å². The monoisotopic (exact) mass is 251 g/mol. The van der Waals surface area contributed by atoms with Crippen LogP contribution in [-0.2, 0) is 12.8 Å². The van der Waals surface area contributed by atoms with Gasteiger partial charge in [-0.05, 0) is 60.6 Å². The summed E-state index contributed by atoms with van der Waals surface area (Å²) < 4.78 is 0. The van der Waals surface area contributed by atoms with E-state index in [1.807, 2.05) is 0 Å². The van der Waals surface area contributed by atoms with E-state index in [1.54, 1.807) is 0 Å². The van der Waals surface area contributed by atoms with Crippen LogP contribution in [0.4, 0.5) is 5.69 Å². The molecule has 0 saturated carbocycles. The Morgan fingerprint density at radius 3 is 2.53 bits per heavy atom. The summed E-state index contributed by atoms with van der Waals surface area (Å²) in [6.07, 6.45) is 2.21. The average molecular weight is 251 g/mol. The third-order valence-electron chi connectivity index (χ3n) is 4.15. The van der Waals surface area contributed by atoms with Crippen LogP contribution >= 0.6 is 0 Å². The highest BCUT2D eigenvalue weighted by Gasteiger charge is 2.23. The van der Waals surface area contributed by atoms with Gasteiger partial charge in [-0.1, -0.05) is 37.3 Å². The van der Waals surface area contributed by atoms with Crippen molar-refractivity contribution in [1.29, 1.82) is 0 Å². The minimum absolute atomic E-state index is 0.432. The fourth-order valence-corrected chi connectivity index (χ4v) is 3.03. The first kappa shape index (κ1) is 12.3. The Morgan fingerprint density at radius 1 is 1.11 bits per heavy atom. The van der Waals surface area contributed by atoms with Gasteiger partial charge in [0.15, 0.2) is 0 Å². The number of anilines is 1. The maximum Gasteiger partial charge on any atom is 0.0555 e. The lowest BCUT2D eigenvalue weighted by molar-refractivity contribution is 0.820. The lowest BCUT2D eigenvalue weighted by atomic mass is 9.98. The van der Waals surface area contributed by atoms with E-state index >= 15 is 0 Å². The highest BCUT2D eigenvalue weighted by atomic mass is 14.9. The number of hydrogen-bond donors (Lipinski definition) is 1. The lowest BCUT2D eigenvalue weighted by Crippen LogP contribution is -2.05. The Kier molecular flexibility index (Phi) is 3.06. The zero-order valence-corrected chi connectivity index (χ0v) is 12.0. The zero-order valence-electron chi connectivity index (χ0n) is 12.0. The molecule has 1 aliphatic rings. The fourth-order valence-electron chi connectivity index (χ4n) is 3.03. The average Bonchev–Trinajstić information content (AvgIpc) is 2.83. The van der Waals surface area contributed by atoms with Crippen molar-refractivity contribution in [1.82, 2.24) is 0 Å². The van der Waals surface area contributed by atoms with Gasteiger partial charge in [0.25, 0.3) is 0 Å². The quantitative estimate of drug-likeness (QED) is 0.824. The highest BCUT2D eigenvalue weighted by Crippen LogP contribution is 2.36. The maximum absolute atomic E-state index is 3.67. The number of hydrogen-bond acceptors (Lipinski definition) is 1. The van der Waals surface area contributed by atoms with E-state index in [0.29, 0.717) is 6.04 Å². The van der Waals surface area contributed by atoms with Gasteiger partial charge in [0.05, 0.1) is 6.04 Å². The summed E-state index contributed by atoms with van der Waals surface area (Å²) in [5.74, 6) is 0. The molecule has 1 aliphatic heterocycles. The van der Waals surface area contributed by atoms with Gasteiger partial charge >= 0.3 is 0 Å². The summed E-state index contributed by atoms with van der Waals surface area (Å²) in [6, 6.07) is 14.0. The van der Waals surface area contributed by atoms with E-state index in [0.717, 1.165) is 12.8 Å². The van der Waals surface area contributed by atoms with E-state index in [2.05, 4.69) is 62.5 Å². The van der Waals surface area contributed by atoms with E-state index in [4.69, 9.17) is 0 Å². The molecule has 1 atom stereocenters. The molecule has 1 heterocycles. The predicted molar refractivity (Wildman–Crippen MR) is 81.8 cm³/mol. The highest BCUT2D eigenvalue weighted by molar-refractivity contribution is 5.62. The molecule has 98 valence electrons. The molecule has 0 aromatic heterocycles. The van der Waals surface area contributed by atoms with Crippen LogP contribution in [0.25, 0.3) is 0 Å². The first-order valence-corrected chi connectivity index (χ1v) is 7.13. The van der Waals surface area contributed by atoms with Gasteiger partial charge in [0, 0.05) is 5.69 Å². The molecule has 3 rings (SSSR count). The molecule has 2 aromatic carbocycles. The molecule has 2 aromatic rings. The van der Waals surface area contributed by atoms with Crippen molar-refractivity contribution in [3.8, 4) is 0 Å². The molecular formula is C18H21N. The Labute approximate surface area is 115 Å². The van der Waals surface area contributed by atoms with Crippen LogP contribution < -0.4 is 5.32 Å². The number of rotatable bonds is 2. The van der Waals surface area contributed by atoms with Crippen molar-refractivity contribution < 1.29 is 0 Å². The van der Waals surface area contributed by atoms with Crippen molar-refractivity contribution in [2.24, 2.45) is 0 Å². The summed E-state index contributed by atoms with van der Waals surface area (Å²) in [5.41, 5.74) is 8.36. The van der Waals surface area contributed by atoms with Crippen LogP contribution in [0.1, 0.15) is 40.8 Å². The van der Waals surface area contributed by atoms with Gasteiger partial charge in [-0.3, -0.25) is 0 Å². The van der Waals surface area contributed by atoms with Crippen molar-refractivity contribution in [3.63, 3.8) is 0 Å². The zero-order chi connectivity index (χ0) is 13.4. The Bertz CT molecular complexity index is 596. The standard InChI is InChI=1S/C18H21N/c1-4-14-5-7-15(8-6-14)17-11-16-13(3)9-12(2)10-18(16)19-17/h5-10,17,19H,4,11H2,1-3H3. The van der Waals surface area contributed by atoms with E-state index in [9.17, 15) is 0 Å². The van der Waals surface area contributed by atoms with E-state index in [-0.39, 0.29) is 0 Å². The van der Waals surface area contributed by atoms with Crippen LogP contribution in [0.3, 0.4) is 0 Å². The Morgan fingerprint density at radius 2 is 1.84 bits per heavy atom. The van der Waals surface area contributed by atoms with Gasteiger partial charge in [-0.25, -0.2) is 0 Å².